The van der Waals surface area contributed by atoms with E-state index in [1.807, 2.05) is 0 Å². The van der Waals surface area contributed by atoms with E-state index in [1.54, 1.807) is 0 Å². The maximum absolute atomic E-state index is 11.6. The molecule has 0 aliphatic rings. The number of ether oxygens (including phenoxy) is 4. The van der Waals surface area contributed by atoms with Gasteiger partial charge in [0.1, 0.15) is 10.6 Å². The number of carbonyl (C=O) groups is 1. The number of carbonyl (C=O) groups excluding carboxylic acids is 1. The molecule has 0 fully saturated rings. The van der Waals surface area contributed by atoms with Crippen LogP contribution in [0.3, 0.4) is 0 Å². The second-order valence-corrected chi connectivity index (χ2v) is 3.38. The minimum atomic E-state index is -0.565. The first-order valence-corrected chi connectivity index (χ1v) is 5.05. The van der Waals surface area contributed by atoms with E-state index < -0.39 is 5.97 Å². The van der Waals surface area contributed by atoms with Crippen molar-refractivity contribution in [3.05, 3.63) is 16.7 Å². The molecule has 0 aromatic heterocycles. The van der Waals surface area contributed by atoms with Gasteiger partial charge in [0.05, 0.1) is 28.4 Å². The SMILES string of the molecule is COC(=O)c1cc(OC)c(OC)c(Cl)c1OC. The van der Waals surface area contributed by atoms with Crippen molar-refractivity contribution >= 4 is 17.6 Å². The van der Waals surface area contributed by atoms with Gasteiger partial charge in [-0.2, -0.15) is 0 Å². The Hall–Kier alpha value is -1.62. The summed E-state index contributed by atoms with van der Waals surface area (Å²) in [5, 5.41) is 0.162. The average molecular weight is 261 g/mol. The highest BCUT2D eigenvalue weighted by molar-refractivity contribution is 6.34. The van der Waals surface area contributed by atoms with Crippen molar-refractivity contribution in [3.63, 3.8) is 0 Å². The number of benzene rings is 1. The summed E-state index contributed by atoms with van der Waals surface area (Å²) >= 11 is 6.06. The van der Waals surface area contributed by atoms with Crippen LogP contribution >= 0.6 is 11.6 Å². The Morgan fingerprint density at radius 3 is 2.06 bits per heavy atom. The van der Waals surface area contributed by atoms with Gasteiger partial charge in [0.2, 0.25) is 0 Å². The molecule has 0 saturated heterocycles. The summed E-state index contributed by atoms with van der Waals surface area (Å²) < 4.78 is 19.9. The molecule has 17 heavy (non-hydrogen) atoms. The fourth-order valence-electron chi connectivity index (χ4n) is 1.39. The lowest BCUT2D eigenvalue weighted by atomic mass is 10.1. The molecular weight excluding hydrogens is 248 g/mol. The molecule has 0 spiro atoms. The molecule has 0 aliphatic carbocycles. The van der Waals surface area contributed by atoms with Crippen LogP contribution in [0.15, 0.2) is 6.07 Å². The highest BCUT2D eigenvalue weighted by atomic mass is 35.5. The highest BCUT2D eigenvalue weighted by Gasteiger charge is 2.23. The van der Waals surface area contributed by atoms with Crippen LogP contribution in [0, 0.1) is 0 Å². The van der Waals surface area contributed by atoms with Crippen LogP contribution in [0.5, 0.6) is 17.2 Å². The van der Waals surface area contributed by atoms with Gasteiger partial charge in [-0.15, -0.1) is 0 Å². The Morgan fingerprint density at radius 1 is 1.06 bits per heavy atom. The van der Waals surface area contributed by atoms with Gasteiger partial charge in [-0.3, -0.25) is 0 Å². The van der Waals surface area contributed by atoms with Gasteiger partial charge < -0.3 is 18.9 Å². The van der Waals surface area contributed by atoms with E-state index in [9.17, 15) is 4.79 Å². The van der Waals surface area contributed by atoms with E-state index in [4.69, 9.17) is 25.8 Å². The number of hydrogen-bond donors (Lipinski definition) is 0. The van der Waals surface area contributed by atoms with Crippen molar-refractivity contribution < 1.29 is 23.7 Å². The minimum absolute atomic E-state index is 0.162. The lowest BCUT2D eigenvalue weighted by Gasteiger charge is -2.15. The van der Waals surface area contributed by atoms with Crippen LogP contribution in [-0.2, 0) is 4.74 Å². The third kappa shape index (κ3) is 2.39. The summed E-state index contributed by atoms with van der Waals surface area (Å²) in [6, 6.07) is 1.45. The van der Waals surface area contributed by atoms with Crippen molar-refractivity contribution in [3.8, 4) is 17.2 Å². The second-order valence-electron chi connectivity index (χ2n) is 3.00. The fourth-order valence-corrected chi connectivity index (χ4v) is 1.74. The van der Waals surface area contributed by atoms with Gasteiger partial charge in [0.25, 0.3) is 0 Å². The third-order valence-electron chi connectivity index (χ3n) is 2.18. The molecule has 0 bridgehead atoms. The second kappa shape index (κ2) is 5.63. The quantitative estimate of drug-likeness (QED) is 0.777. The lowest BCUT2D eigenvalue weighted by molar-refractivity contribution is 0.0596. The molecule has 0 saturated carbocycles. The molecule has 5 nitrogen and oxygen atoms in total. The van der Waals surface area contributed by atoms with E-state index in [0.29, 0.717) is 11.5 Å². The zero-order valence-corrected chi connectivity index (χ0v) is 10.8. The molecule has 0 heterocycles. The molecular formula is C11H13ClO5. The molecule has 1 rings (SSSR count). The van der Waals surface area contributed by atoms with Gasteiger partial charge in [0, 0.05) is 6.07 Å². The smallest absolute Gasteiger partial charge is 0.341 e. The lowest BCUT2D eigenvalue weighted by Crippen LogP contribution is -2.06. The van der Waals surface area contributed by atoms with Gasteiger partial charge in [0.15, 0.2) is 17.2 Å². The zero-order chi connectivity index (χ0) is 13.0. The monoisotopic (exact) mass is 260 g/mol. The molecule has 0 atom stereocenters. The van der Waals surface area contributed by atoms with Crippen LogP contribution in [-0.4, -0.2) is 34.4 Å². The van der Waals surface area contributed by atoms with Crippen molar-refractivity contribution in [1.29, 1.82) is 0 Å². The van der Waals surface area contributed by atoms with Gasteiger partial charge in [-0.1, -0.05) is 11.6 Å². The summed E-state index contributed by atoms with van der Waals surface area (Å²) in [5.74, 6) is 0.262. The van der Waals surface area contributed by atoms with Crippen molar-refractivity contribution in [2.24, 2.45) is 0 Å². The van der Waals surface area contributed by atoms with Crippen LogP contribution in [0.1, 0.15) is 10.4 Å². The predicted molar refractivity (Wildman–Crippen MR) is 62.4 cm³/mol. The van der Waals surface area contributed by atoms with Gasteiger partial charge in [-0.05, 0) is 0 Å². The Balaban J connectivity index is 3.50. The molecule has 1 aromatic carbocycles. The molecule has 0 unspecified atom stereocenters. The summed E-state index contributed by atoms with van der Waals surface area (Å²) in [4.78, 5) is 11.6. The van der Waals surface area contributed by atoms with Crippen molar-refractivity contribution in [2.75, 3.05) is 28.4 Å². The molecule has 0 aliphatic heterocycles. The Labute approximate surface area is 104 Å². The number of methoxy groups -OCH3 is 4. The van der Waals surface area contributed by atoms with E-state index >= 15 is 0 Å². The first kappa shape index (κ1) is 13.4. The standard InChI is InChI=1S/C11H13ClO5/c1-14-7-5-6(11(13)17-4)9(15-2)8(12)10(7)16-3/h5H,1-4H3. The first-order chi connectivity index (χ1) is 8.10. The molecule has 1 aromatic rings. The minimum Gasteiger partial charge on any atom is -0.494 e. The Kier molecular flexibility index (Phi) is 4.45. The summed E-state index contributed by atoms with van der Waals surface area (Å²) in [6.45, 7) is 0. The number of halogens is 1. The number of hydrogen-bond acceptors (Lipinski definition) is 5. The van der Waals surface area contributed by atoms with Crippen LogP contribution < -0.4 is 14.2 Å². The normalized spacial score (nSPS) is 9.71. The Bertz CT molecular complexity index is 430. The maximum Gasteiger partial charge on any atom is 0.341 e. The molecule has 0 amide bonds. The number of esters is 1. The largest absolute Gasteiger partial charge is 0.494 e. The van der Waals surface area contributed by atoms with E-state index in [-0.39, 0.29) is 16.3 Å². The van der Waals surface area contributed by atoms with Crippen molar-refractivity contribution in [1.82, 2.24) is 0 Å². The van der Waals surface area contributed by atoms with E-state index in [2.05, 4.69) is 4.74 Å². The topological polar surface area (TPSA) is 54.0 Å². The molecule has 94 valence electrons. The van der Waals surface area contributed by atoms with Crippen LogP contribution in [0.25, 0.3) is 0 Å². The van der Waals surface area contributed by atoms with Gasteiger partial charge >= 0.3 is 5.97 Å². The van der Waals surface area contributed by atoms with Crippen LogP contribution in [0.2, 0.25) is 5.02 Å². The van der Waals surface area contributed by atoms with E-state index in [1.165, 1.54) is 34.5 Å². The first-order valence-electron chi connectivity index (χ1n) is 4.67. The highest BCUT2D eigenvalue weighted by Crippen LogP contribution is 2.44. The summed E-state index contributed by atoms with van der Waals surface area (Å²) in [6.07, 6.45) is 0. The maximum atomic E-state index is 11.6. The van der Waals surface area contributed by atoms with Crippen molar-refractivity contribution in [2.45, 2.75) is 0 Å². The molecule has 6 heteroatoms. The summed E-state index contributed by atoms with van der Waals surface area (Å²) in [5.41, 5.74) is 0.178. The Morgan fingerprint density at radius 2 is 1.65 bits per heavy atom. The van der Waals surface area contributed by atoms with Gasteiger partial charge in [-0.25, -0.2) is 4.79 Å². The average Bonchev–Trinajstić information content (AvgIpc) is 2.36. The summed E-state index contributed by atoms with van der Waals surface area (Å²) in [7, 11) is 5.56. The van der Waals surface area contributed by atoms with Crippen LogP contribution in [0.4, 0.5) is 0 Å². The number of rotatable bonds is 4. The predicted octanol–water partition coefficient (Wildman–Crippen LogP) is 2.15. The third-order valence-corrected chi connectivity index (χ3v) is 2.52. The zero-order valence-electron chi connectivity index (χ0n) is 10.00. The molecule has 0 N–H and O–H groups in total. The van der Waals surface area contributed by atoms with E-state index in [0.717, 1.165) is 0 Å². The fraction of sp³-hybridized carbons (Fsp3) is 0.364. The molecule has 0 radical (unpaired) electrons.